The van der Waals surface area contributed by atoms with Crippen LogP contribution >= 0.6 is 0 Å². The zero-order valence-electron chi connectivity index (χ0n) is 9.37. The SMILES string of the molecule is O=C(NC1(C(=O)O)CCC1)c1ccc(F)cc1F. The van der Waals surface area contributed by atoms with Crippen molar-refractivity contribution in [3.8, 4) is 0 Å². The van der Waals surface area contributed by atoms with Crippen LogP contribution in [0.3, 0.4) is 0 Å². The van der Waals surface area contributed by atoms with Gasteiger partial charge in [0.05, 0.1) is 5.56 Å². The van der Waals surface area contributed by atoms with E-state index in [1.807, 2.05) is 0 Å². The summed E-state index contributed by atoms with van der Waals surface area (Å²) in [5.74, 6) is -3.77. The van der Waals surface area contributed by atoms with Gasteiger partial charge in [0.15, 0.2) is 0 Å². The molecule has 0 bridgehead atoms. The van der Waals surface area contributed by atoms with Crippen molar-refractivity contribution in [3.05, 3.63) is 35.4 Å². The summed E-state index contributed by atoms with van der Waals surface area (Å²) in [7, 11) is 0. The van der Waals surface area contributed by atoms with E-state index in [0.717, 1.165) is 12.1 Å². The molecule has 0 aromatic heterocycles. The second-order valence-electron chi connectivity index (χ2n) is 4.32. The summed E-state index contributed by atoms with van der Waals surface area (Å²) in [6.07, 6.45) is 1.33. The fourth-order valence-corrected chi connectivity index (χ4v) is 1.88. The summed E-state index contributed by atoms with van der Waals surface area (Å²) in [5.41, 5.74) is -1.67. The molecule has 0 aliphatic heterocycles. The van der Waals surface area contributed by atoms with Gasteiger partial charge in [-0.1, -0.05) is 0 Å². The van der Waals surface area contributed by atoms with Crippen LogP contribution in [0.1, 0.15) is 29.6 Å². The van der Waals surface area contributed by atoms with E-state index < -0.39 is 29.0 Å². The van der Waals surface area contributed by atoms with Crippen LogP contribution in [-0.4, -0.2) is 22.5 Å². The Kier molecular flexibility index (Phi) is 3.02. The molecule has 1 amide bonds. The lowest BCUT2D eigenvalue weighted by molar-refractivity contribution is -0.148. The minimum absolute atomic E-state index is 0.316. The summed E-state index contributed by atoms with van der Waals surface area (Å²) in [6.45, 7) is 0. The highest BCUT2D eigenvalue weighted by molar-refractivity contribution is 5.98. The van der Waals surface area contributed by atoms with Crippen molar-refractivity contribution in [2.75, 3.05) is 0 Å². The average molecular weight is 255 g/mol. The van der Waals surface area contributed by atoms with E-state index in [-0.39, 0.29) is 5.56 Å². The molecular formula is C12H11F2NO3. The van der Waals surface area contributed by atoms with Crippen molar-refractivity contribution >= 4 is 11.9 Å². The van der Waals surface area contributed by atoms with Gasteiger partial charge in [0.2, 0.25) is 0 Å². The molecule has 1 aromatic carbocycles. The van der Waals surface area contributed by atoms with Crippen molar-refractivity contribution in [2.24, 2.45) is 0 Å². The van der Waals surface area contributed by atoms with Gasteiger partial charge in [0.1, 0.15) is 17.2 Å². The second-order valence-corrected chi connectivity index (χ2v) is 4.32. The van der Waals surface area contributed by atoms with Crippen molar-refractivity contribution in [3.63, 3.8) is 0 Å². The summed E-state index contributed by atoms with van der Waals surface area (Å²) in [4.78, 5) is 22.8. The Bertz CT molecular complexity index is 512. The van der Waals surface area contributed by atoms with E-state index in [1.165, 1.54) is 0 Å². The third-order valence-corrected chi connectivity index (χ3v) is 3.15. The zero-order chi connectivity index (χ0) is 13.3. The largest absolute Gasteiger partial charge is 0.480 e. The minimum Gasteiger partial charge on any atom is -0.480 e. The lowest BCUT2D eigenvalue weighted by Crippen LogP contribution is -2.59. The molecule has 0 unspecified atom stereocenters. The van der Waals surface area contributed by atoms with Crippen LogP contribution in [0.2, 0.25) is 0 Å². The molecule has 1 fully saturated rings. The first-order chi connectivity index (χ1) is 8.44. The summed E-state index contributed by atoms with van der Waals surface area (Å²) in [5, 5.41) is 11.3. The van der Waals surface area contributed by atoms with Gasteiger partial charge in [-0.15, -0.1) is 0 Å². The molecule has 6 heteroatoms. The Morgan fingerprint density at radius 1 is 1.28 bits per heavy atom. The lowest BCUT2D eigenvalue weighted by atomic mass is 9.76. The van der Waals surface area contributed by atoms with Crippen LogP contribution in [0.4, 0.5) is 8.78 Å². The van der Waals surface area contributed by atoms with E-state index in [0.29, 0.717) is 25.3 Å². The second kappa shape index (κ2) is 4.36. The molecule has 1 saturated carbocycles. The van der Waals surface area contributed by atoms with Crippen LogP contribution in [-0.2, 0) is 4.79 Å². The smallest absolute Gasteiger partial charge is 0.329 e. The number of nitrogens with one attached hydrogen (secondary N) is 1. The first-order valence-corrected chi connectivity index (χ1v) is 5.45. The topological polar surface area (TPSA) is 66.4 Å². The quantitative estimate of drug-likeness (QED) is 0.863. The number of carbonyl (C=O) groups excluding carboxylic acids is 1. The number of halogens is 2. The third kappa shape index (κ3) is 2.05. The molecule has 18 heavy (non-hydrogen) atoms. The van der Waals surface area contributed by atoms with Gasteiger partial charge in [0, 0.05) is 6.07 Å². The fraction of sp³-hybridized carbons (Fsp3) is 0.333. The van der Waals surface area contributed by atoms with Gasteiger partial charge >= 0.3 is 5.97 Å². The minimum atomic E-state index is -1.31. The standard InChI is InChI=1S/C12H11F2NO3/c13-7-2-3-8(9(14)6-7)10(16)15-12(11(17)18)4-1-5-12/h2-3,6H,1,4-5H2,(H,15,16)(H,17,18). The molecule has 2 rings (SSSR count). The van der Waals surface area contributed by atoms with Gasteiger partial charge in [0.25, 0.3) is 5.91 Å². The number of carboxylic acid groups (broad SMARTS) is 1. The van der Waals surface area contributed by atoms with Crippen LogP contribution in [0.15, 0.2) is 18.2 Å². The molecule has 0 spiro atoms. The van der Waals surface area contributed by atoms with E-state index >= 15 is 0 Å². The van der Waals surface area contributed by atoms with Gasteiger partial charge < -0.3 is 10.4 Å². The molecular weight excluding hydrogens is 244 g/mol. The molecule has 0 radical (unpaired) electrons. The average Bonchev–Trinajstić information content (AvgIpc) is 2.22. The first-order valence-electron chi connectivity index (χ1n) is 5.45. The number of carbonyl (C=O) groups is 2. The maximum atomic E-state index is 13.4. The summed E-state index contributed by atoms with van der Waals surface area (Å²) < 4.78 is 26.0. The van der Waals surface area contributed by atoms with E-state index in [2.05, 4.69) is 5.32 Å². The number of aliphatic carboxylic acids is 1. The van der Waals surface area contributed by atoms with Gasteiger partial charge in [-0.25, -0.2) is 13.6 Å². The maximum absolute atomic E-state index is 13.4. The van der Waals surface area contributed by atoms with Crippen LogP contribution in [0.5, 0.6) is 0 Å². The van der Waals surface area contributed by atoms with Crippen molar-refractivity contribution in [2.45, 2.75) is 24.8 Å². The van der Waals surface area contributed by atoms with Crippen molar-refractivity contribution in [1.82, 2.24) is 5.32 Å². The van der Waals surface area contributed by atoms with E-state index in [9.17, 15) is 18.4 Å². The molecule has 0 atom stereocenters. The highest BCUT2D eigenvalue weighted by Crippen LogP contribution is 2.32. The highest BCUT2D eigenvalue weighted by atomic mass is 19.1. The fourth-order valence-electron chi connectivity index (χ4n) is 1.88. The van der Waals surface area contributed by atoms with Crippen molar-refractivity contribution in [1.29, 1.82) is 0 Å². The molecule has 1 aromatic rings. The molecule has 0 heterocycles. The van der Waals surface area contributed by atoms with E-state index in [1.54, 1.807) is 0 Å². The monoisotopic (exact) mass is 255 g/mol. The summed E-state index contributed by atoms with van der Waals surface area (Å²) in [6, 6.07) is 2.53. The van der Waals surface area contributed by atoms with Gasteiger partial charge in [-0.05, 0) is 31.4 Å². The zero-order valence-corrected chi connectivity index (χ0v) is 9.37. The Balaban J connectivity index is 2.19. The predicted molar refractivity (Wildman–Crippen MR) is 58.0 cm³/mol. The number of carboxylic acids is 1. The van der Waals surface area contributed by atoms with Crippen LogP contribution in [0, 0.1) is 11.6 Å². The van der Waals surface area contributed by atoms with Gasteiger partial charge in [-0.3, -0.25) is 4.79 Å². The van der Waals surface area contributed by atoms with Crippen LogP contribution in [0.25, 0.3) is 0 Å². The number of hydrogen-bond acceptors (Lipinski definition) is 2. The Morgan fingerprint density at radius 2 is 1.94 bits per heavy atom. The Morgan fingerprint density at radius 3 is 2.39 bits per heavy atom. The summed E-state index contributed by atoms with van der Waals surface area (Å²) >= 11 is 0. The van der Waals surface area contributed by atoms with Crippen molar-refractivity contribution < 1.29 is 23.5 Å². The maximum Gasteiger partial charge on any atom is 0.329 e. The number of amides is 1. The first kappa shape index (κ1) is 12.5. The van der Waals surface area contributed by atoms with Gasteiger partial charge in [-0.2, -0.15) is 0 Å². The third-order valence-electron chi connectivity index (χ3n) is 3.15. The predicted octanol–water partition coefficient (Wildman–Crippen LogP) is 1.70. The number of benzene rings is 1. The number of hydrogen-bond donors (Lipinski definition) is 2. The molecule has 1 aliphatic carbocycles. The lowest BCUT2D eigenvalue weighted by Gasteiger charge is -2.38. The molecule has 2 N–H and O–H groups in total. The molecule has 96 valence electrons. The Labute approximate surface area is 102 Å². The molecule has 0 saturated heterocycles. The van der Waals surface area contributed by atoms with E-state index in [4.69, 9.17) is 5.11 Å². The molecule has 4 nitrogen and oxygen atoms in total. The molecule has 1 aliphatic rings. The number of rotatable bonds is 3. The highest BCUT2D eigenvalue weighted by Gasteiger charge is 2.46. The van der Waals surface area contributed by atoms with Crippen LogP contribution < -0.4 is 5.32 Å². The normalized spacial score (nSPS) is 16.8. The Hall–Kier alpha value is -1.98.